The average molecular weight is 519 g/mol. The highest BCUT2D eigenvalue weighted by molar-refractivity contribution is 7.53. The summed E-state index contributed by atoms with van der Waals surface area (Å²) in [5, 5.41) is 0. The molecule has 192 valence electrons. The lowest BCUT2D eigenvalue weighted by Crippen LogP contribution is -2.33. The lowest BCUT2D eigenvalue weighted by Gasteiger charge is -2.38. The van der Waals surface area contributed by atoms with Crippen molar-refractivity contribution < 1.29 is 31.5 Å². The predicted octanol–water partition coefficient (Wildman–Crippen LogP) is 8.32. The van der Waals surface area contributed by atoms with Crippen LogP contribution in [0.1, 0.15) is 49.0 Å². The van der Waals surface area contributed by atoms with Crippen LogP contribution in [0.4, 0.5) is 13.2 Å². The van der Waals surface area contributed by atoms with Crippen LogP contribution in [0.15, 0.2) is 90.0 Å². The largest absolute Gasteiger partial charge is 0.416 e. The minimum absolute atomic E-state index is 0.0303. The Morgan fingerprint density at radius 1 is 1.11 bits per heavy atom. The maximum atomic E-state index is 13.7. The molecule has 1 saturated heterocycles. The number of hydrogen-bond acceptors (Lipinski definition) is 4. The summed E-state index contributed by atoms with van der Waals surface area (Å²) < 4.78 is 71.7. The Hall–Kier alpha value is -2.44. The van der Waals surface area contributed by atoms with E-state index < -0.39 is 31.1 Å². The first-order chi connectivity index (χ1) is 17.2. The summed E-state index contributed by atoms with van der Waals surface area (Å²) in [6, 6.07) is 17.1. The maximum Gasteiger partial charge on any atom is 0.416 e. The van der Waals surface area contributed by atoms with E-state index in [1.807, 2.05) is 68.4 Å². The molecule has 0 radical (unpaired) electrons. The van der Waals surface area contributed by atoms with E-state index in [1.165, 1.54) is 6.08 Å². The summed E-state index contributed by atoms with van der Waals surface area (Å²) in [6.07, 6.45) is 1.11. The lowest BCUT2D eigenvalue weighted by atomic mass is 9.81. The molecule has 3 unspecified atom stereocenters. The van der Waals surface area contributed by atoms with Crippen LogP contribution in [0.5, 0.6) is 0 Å². The van der Waals surface area contributed by atoms with E-state index in [4.69, 9.17) is 13.8 Å². The first-order valence-corrected chi connectivity index (χ1v) is 13.7. The van der Waals surface area contributed by atoms with Crippen LogP contribution in [-0.2, 0) is 24.0 Å². The Morgan fingerprint density at radius 3 is 2.58 bits per heavy atom. The van der Waals surface area contributed by atoms with Crippen molar-refractivity contribution in [2.75, 3.05) is 13.0 Å². The van der Waals surface area contributed by atoms with Crippen LogP contribution >= 0.6 is 7.60 Å². The lowest BCUT2D eigenvalue weighted by molar-refractivity contribution is -0.0884. The van der Waals surface area contributed by atoms with Gasteiger partial charge in [-0.25, -0.2) is 0 Å². The molecular weight excluding hydrogens is 488 g/mol. The Morgan fingerprint density at radius 2 is 1.89 bits per heavy atom. The quantitative estimate of drug-likeness (QED) is 0.346. The molecule has 8 heteroatoms. The Kier molecular flexibility index (Phi) is 8.06. The topological polar surface area (TPSA) is 44.8 Å². The van der Waals surface area contributed by atoms with Gasteiger partial charge in [-0.05, 0) is 36.5 Å². The first-order valence-electron chi connectivity index (χ1n) is 12.0. The van der Waals surface area contributed by atoms with Gasteiger partial charge in [0.1, 0.15) is 11.9 Å². The van der Waals surface area contributed by atoms with Crippen molar-refractivity contribution in [1.29, 1.82) is 0 Å². The fraction of sp³-hybridized carbons (Fsp3) is 0.357. The predicted molar refractivity (Wildman–Crippen MR) is 134 cm³/mol. The third kappa shape index (κ3) is 5.92. The summed E-state index contributed by atoms with van der Waals surface area (Å²) >= 11 is 0. The van der Waals surface area contributed by atoms with Gasteiger partial charge in [0.2, 0.25) is 0 Å². The highest BCUT2D eigenvalue weighted by Gasteiger charge is 2.42. The van der Waals surface area contributed by atoms with Gasteiger partial charge < -0.3 is 9.26 Å². The molecule has 0 N–H and O–H groups in total. The van der Waals surface area contributed by atoms with Crippen LogP contribution in [0.3, 0.4) is 0 Å². The van der Waals surface area contributed by atoms with Crippen molar-refractivity contribution in [3.8, 4) is 0 Å². The van der Waals surface area contributed by atoms with E-state index in [0.717, 1.165) is 28.8 Å². The molecule has 0 spiro atoms. The second-order valence-corrected chi connectivity index (χ2v) is 10.9. The number of aryl methyl sites for hydroxylation is 1. The zero-order valence-electron chi connectivity index (χ0n) is 20.3. The third-order valence-electron chi connectivity index (χ3n) is 6.54. The van der Waals surface area contributed by atoms with E-state index in [0.29, 0.717) is 18.4 Å². The molecule has 2 aliphatic rings. The summed E-state index contributed by atoms with van der Waals surface area (Å²) in [5.41, 5.74) is 1.57. The summed E-state index contributed by atoms with van der Waals surface area (Å²) in [4.78, 5) is 0. The molecule has 3 atom stereocenters. The van der Waals surface area contributed by atoms with Crippen LogP contribution in [0.2, 0.25) is 0 Å². The van der Waals surface area contributed by atoms with E-state index in [-0.39, 0.29) is 19.4 Å². The van der Waals surface area contributed by atoms with Crippen LogP contribution < -0.4 is 0 Å². The zero-order chi connectivity index (χ0) is 25.8. The highest BCUT2D eigenvalue weighted by Crippen LogP contribution is 2.57. The smallest absolute Gasteiger partial charge is 0.353 e. The van der Waals surface area contributed by atoms with Crippen molar-refractivity contribution in [3.63, 3.8) is 0 Å². The summed E-state index contributed by atoms with van der Waals surface area (Å²) in [7, 11) is -3.64. The van der Waals surface area contributed by atoms with Crippen molar-refractivity contribution >= 4 is 7.60 Å². The van der Waals surface area contributed by atoms with Gasteiger partial charge in [-0.15, -0.1) is 0 Å². The molecule has 4 rings (SSSR count). The van der Waals surface area contributed by atoms with Crippen molar-refractivity contribution in [2.24, 2.45) is 0 Å². The second kappa shape index (κ2) is 10.9. The van der Waals surface area contributed by atoms with Gasteiger partial charge in [0, 0.05) is 6.42 Å². The number of ether oxygens (including phenoxy) is 1. The maximum absolute atomic E-state index is 13.7. The molecule has 1 aliphatic carbocycles. The molecular formula is C28H30F3O4P. The number of hydrogen-bond donors (Lipinski definition) is 0. The normalized spacial score (nSPS) is 24.4. The van der Waals surface area contributed by atoms with Crippen LogP contribution in [-0.4, -0.2) is 19.1 Å². The number of alkyl halides is 3. The summed E-state index contributed by atoms with van der Waals surface area (Å²) in [5.74, 6) is 0. The molecule has 1 fully saturated rings. The Labute approximate surface area is 210 Å². The molecule has 0 saturated carbocycles. The van der Waals surface area contributed by atoms with E-state index in [9.17, 15) is 17.7 Å². The van der Waals surface area contributed by atoms with Crippen molar-refractivity contribution in [3.05, 3.63) is 107 Å². The fourth-order valence-corrected chi connectivity index (χ4v) is 6.24. The van der Waals surface area contributed by atoms with Crippen LogP contribution in [0, 0.1) is 6.92 Å². The molecule has 4 nitrogen and oxygen atoms in total. The number of halogens is 3. The molecule has 0 bridgehead atoms. The molecule has 1 aliphatic heterocycles. The molecule has 1 heterocycles. The first kappa shape index (κ1) is 26.6. The van der Waals surface area contributed by atoms with E-state index >= 15 is 0 Å². The minimum Gasteiger partial charge on any atom is -0.353 e. The monoisotopic (exact) mass is 518 g/mol. The van der Waals surface area contributed by atoms with Gasteiger partial charge in [0.05, 0.1) is 18.3 Å². The zero-order valence-corrected chi connectivity index (χ0v) is 21.2. The van der Waals surface area contributed by atoms with Gasteiger partial charge in [-0.2, -0.15) is 13.2 Å². The average Bonchev–Trinajstić information content (AvgIpc) is 3.13. The van der Waals surface area contributed by atoms with Gasteiger partial charge in [-0.1, -0.05) is 91.4 Å². The van der Waals surface area contributed by atoms with Crippen LogP contribution in [0.25, 0.3) is 0 Å². The number of allylic oxidation sites excluding steroid dienone is 5. The van der Waals surface area contributed by atoms with Gasteiger partial charge in [-0.3, -0.25) is 9.09 Å². The third-order valence-corrected chi connectivity index (χ3v) is 8.13. The number of benzene rings is 2. The molecule has 0 amide bonds. The fourth-order valence-electron chi connectivity index (χ4n) is 4.67. The summed E-state index contributed by atoms with van der Waals surface area (Å²) in [6.45, 7) is 4.13. The van der Waals surface area contributed by atoms with Gasteiger partial charge >= 0.3 is 13.8 Å². The van der Waals surface area contributed by atoms with Gasteiger partial charge in [0.15, 0.2) is 0 Å². The molecule has 2 aromatic rings. The minimum atomic E-state index is -4.44. The highest BCUT2D eigenvalue weighted by atomic mass is 31.2. The molecule has 36 heavy (non-hydrogen) atoms. The van der Waals surface area contributed by atoms with Gasteiger partial charge in [0.25, 0.3) is 0 Å². The van der Waals surface area contributed by atoms with E-state index in [2.05, 4.69) is 0 Å². The SMILES string of the molecule is CCC(OCP1(=O)OCCC(c2cccc(C)c2)O1)(C1=CC=CC(C(F)(F)F)=CC1)c1ccccc1. The van der Waals surface area contributed by atoms with Crippen molar-refractivity contribution in [1.82, 2.24) is 0 Å². The number of rotatable bonds is 7. The Bertz CT molecular complexity index is 1200. The molecule has 2 aromatic carbocycles. The van der Waals surface area contributed by atoms with E-state index in [1.54, 1.807) is 6.08 Å². The Balaban J connectivity index is 1.62. The molecule has 0 aromatic heterocycles. The standard InChI is InChI=1S/C28H30F3O4P/c1-3-27(23-11-5-4-6-12-23,24-13-8-14-25(16-15-24)28(29,30)31)33-20-36(32)34-18-17-26(35-36)22-10-7-9-21(2)19-22/h4-14,16,19,26H,3,15,17-18,20H2,1-2H3. The van der Waals surface area contributed by atoms with Crippen molar-refractivity contribution in [2.45, 2.75) is 51.0 Å². The second-order valence-electron chi connectivity index (χ2n) is 8.97.